The van der Waals surface area contributed by atoms with Crippen molar-refractivity contribution in [2.45, 2.75) is 19.9 Å². The third-order valence-corrected chi connectivity index (χ3v) is 4.22. The molecule has 2 aromatic rings. The standard InChI is InChI=1S/C17H19FN4O2/c1-11-8-15(16(23)20-19-11)17(24)22-7-6-21(10-12(22)2)14-5-3-4-13(18)9-14/h3-5,8-9,12H,6-7,10H2,1-2H3,(H,20,23). The molecule has 1 atom stereocenters. The lowest BCUT2D eigenvalue weighted by molar-refractivity contribution is 0.0672. The summed E-state index contributed by atoms with van der Waals surface area (Å²) in [4.78, 5) is 28.3. The van der Waals surface area contributed by atoms with Crippen LogP contribution in [0, 0.1) is 12.7 Å². The molecule has 0 bridgehead atoms. The molecule has 0 aliphatic carbocycles. The molecular formula is C17H19FN4O2. The molecule has 3 rings (SSSR count). The summed E-state index contributed by atoms with van der Waals surface area (Å²) in [5.41, 5.74) is 1.01. The number of H-pyrrole nitrogens is 1. The number of nitrogens with one attached hydrogen (secondary N) is 1. The molecule has 0 saturated carbocycles. The minimum absolute atomic E-state index is 0.0950. The number of amides is 1. The van der Waals surface area contributed by atoms with Crippen LogP contribution in [-0.2, 0) is 0 Å². The van der Waals surface area contributed by atoms with E-state index in [1.165, 1.54) is 18.2 Å². The predicted molar refractivity (Wildman–Crippen MR) is 88.7 cm³/mol. The summed E-state index contributed by atoms with van der Waals surface area (Å²) in [6.07, 6.45) is 0. The Bertz CT molecular complexity index is 820. The van der Waals surface area contributed by atoms with Gasteiger partial charge in [-0.3, -0.25) is 9.59 Å². The molecule has 7 heteroatoms. The summed E-state index contributed by atoms with van der Waals surface area (Å²) in [6, 6.07) is 7.83. The maximum Gasteiger partial charge on any atom is 0.277 e. The maximum atomic E-state index is 13.4. The number of rotatable bonds is 2. The van der Waals surface area contributed by atoms with Gasteiger partial charge in [0.15, 0.2) is 0 Å². The molecular weight excluding hydrogens is 311 g/mol. The van der Waals surface area contributed by atoms with E-state index < -0.39 is 5.56 Å². The second-order valence-corrected chi connectivity index (χ2v) is 6.03. The van der Waals surface area contributed by atoms with Gasteiger partial charge in [0.25, 0.3) is 11.5 Å². The van der Waals surface area contributed by atoms with Crippen LogP contribution in [0.25, 0.3) is 0 Å². The fraction of sp³-hybridized carbons (Fsp3) is 0.353. The Morgan fingerprint density at radius 3 is 2.83 bits per heavy atom. The zero-order valence-corrected chi connectivity index (χ0v) is 13.6. The molecule has 1 aliphatic rings. The third kappa shape index (κ3) is 3.15. The van der Waals surface area contributed by atoms with E-state index in [1.807, 2.05) is 17.9 Å². The molecule has 1 aromatic heterocycles. The smallest absolute Gasteiger partial charge is 0.277 e. The van der Waals surface area contributed by atoms with Gasteiger partial charge < -0.3 is 9.80 Å². The molecule has 1 aliphatic heterocycles. The summed E-state index contributed by atoms with van der Waals surface area (Å²) < 4.78 is 13.4. The van der Waals surface area contributed by atoms with Gasteiger partial charge in [0.05, 0.1) is 5.69 Å². The number of piperazine rings is 1. The van der Waals surface area contributed by atoms with Crippen molar-refractivity contribution in [1.29, 1.82) is 0 Å². The number of benzene rings is 1. The van der Waals surface area contributed by atoms with Crippen molar-refractivity contribution in [3.8, 4) is 0 Å². The number of carbonyl (C=O) groups is 1. The number of aromatic amines is 1. The van der Waals surface area contributed by atoms with Crippen molar-refractivity contribution in [3.05, 3.63) is 57.8 Å². The molecule has 1 unspecified atom stereocenters. The van der Waals surface area contributed by atoms with Crippen LogP contribution in [0.4, 0.5) is 10.1 Å². The lowest BCUT2D eigenvalue weighted by Gasteiger charge is -2.41. The lowest BCUT2D eigenvalue weighted by atomic mass is 10.1. The first-order valence-electron chi connectivity index (χ1n) is 7.83. The number of aromatic nitrogens is 2. The van der Waals surface area contributed by atoms with Crippen LogP contribution in [0.5, 0.6) is 0 Å². The van der Waals surface area contributed by atoms with Crippen molar-refractivity contribution < 1.29 is 9.18 Å². The fourth-order valence-corrected chi connectivity index (χ4v) is 2.99. The van der Waals surface area contributed by atoms with Crippen LogP contribution in [-0.4, -0.2) is 46.7 Å². The molecule has 2 heterocycles. The van der Waals surface area contributed by atoms with Crippen molar-refractivity contribution >= 4 is 11.6 Å². The Morgan fingerprint density at radius 1 is 1.33 bits per heavy atom. The molecule has 24 heavy (non-hydrogen) atoms. The van der Waals surface area contributed by atoms with E-state index in [1.54, 1.807) is 17.9 Å². The van der Waals surface area contributed by atoms with E-state index >= 15 is 0 Å². The monoisotopic (exact) mass is 330 g/mol. The Labute approximate surface area is 138 Å². The van der Waals surface area contributed by atoms with E-state index in [2.05, 4.69) is 10.2 Å². The number of carbonyl (C=O) groups excluding carboxylic acids is 1. The van der Waals surface area contributed by atoms with Gasteiger partial charge in [-0.05, 0) is 38.1 Å². The molecule has 1 saturated heterocycles. The number of aryl methyl sites for hydroxylation is 1. The normalized spacial score (nSPS) is 17.9. The molecule has 1 fully saturated rings. The van der Waals surface area contributed by atoms with Crippen molar-refractivity contribution in [2.24, 2.45) is 0 Å². The number of nitrogens with zero attached hydrogens (tertiary/aromatic N) is 3. The Hall–Kier alpha value is -2.70. The van der Waals surface area contributed by atoms with Gasteiger partial charge in [-0.25, -0.2) is 9.49 Å². The van der Waals surface area contributed by atoms with E-state index in [9.17, 15) is 14.0 Å². The fourth-order valence-electron chi connectivity index (χ4n) is 2.99. The predicted octanol–water partition coefficient (Wildman–Crippen LogP) is 1.57. The van der Waals surface area contributed by atoms with Crippen LogP contribution in [0.3, 0.4) is 0 Å². The highest BCUT2D eigenvalue weighted by Gasteiger charge is 2.29. The van der Waals surface area contributed by atoms with Gasteiger partial charge in [0.1, 0.15) is 11.4 Å². The zero-order valence-electron chi connectivity index (χ0n) is 13.6. The van der Waals surface area contributed by atoms with Crippen molar-refractivity contribution in [1.82, 2.24) is 15.1 Å². The van der Waals surface area contributed by atoms with Crippen LogP contribution in [0.2, 0.25) is 0 Å². The average molecular weight is 330 g/mol. The topological polar surface area (TPSA) is 69.3 Å². The Kier molecular flexibility index (Phi) is 4.33. The van der Waals surface area contributed by atoms with E-state index in [0.717, 1.165) is 5.69 Å². The summed E-state index contributed by atoms with van der Waals surface area (Å²) in [5, 5.41) is 6.13. The lowest BCUT2D eigenvalue weighted by Crippen LogP contribution is -2.54. The molecule has 0 radical (unpaired) electrons. The van der Waals surface area contributed by atoms with Crippen molar-refractivity contribution in [2.75, 3.05) is 24.5 Å². The van der Waals surface area contributed by atoms with E-state index in [4.69, 9.17) is 0 Å². The summed E-state index contributed by atoms with van der Waals surface area (Å²) in [6.45, 7) is 5.28. The first-order chi connectivity index (χ1) is 11.5. The average Bonchev–Trinajstić information content (AvgIpc) is 2.56. The molecule has 1 amide bonds. The van der Waals surface area contributed by atoms with Gasteiger partial charge in [-0.1, -0.05) is 6.07 Å². The number of hydrogen-bond donors (Lipinski definition) is 1. The van der Waals surface area contributed by atoms with Gasteiger partial charge >= 0.3 is 0 Å². The molecule has 126 valence electrons. The SMILES string of the molecule is Cc1cc(C(=O)N2CCN(c3cccc(F)c3)CC2C)c(=O)[nH]n1. The second-order valence-electron chi connectivity index (χ2n) is 6.03. The van der Waals surface area contributed by atoms with E-state index in [-0.39, 0.29) is 23.3 Å². The highest BCUT2D eigenvalue weighted by atomic mass is 19.1. The summed E-state index contributed by atoms with van der Waals surface area (Å²) in [7, 11) is 0. The number of halogens is 1. The molecule has 1 aromatic carbocycles. The van der Waals surface area contributed by atoms with Gasteiger partial charge in [-0.15, -0.1) is 0 Å². The highest BCUT2D eigenvalue weighted by Crippen LogP contribution is 2.21. The van der Waals surface area contributed by atoms with Crippen LogP contribution in [0.15, 0.2) is 35.1 Å². The van der Waals surface area contributed by atoms with Crippen molar-refractivity contribution in [3.63, 3.8) is 0 Å². The minimum Gasteiger partial charge on any atom is -0.368 e. The first kappa shape index (κ1) is 16.2. The molecule has 6 nitrogen and oxygen atoms in total. The maximum absolute atomic E-state index is 13.4. The van der Waals surface area contributed by atoms with Crippen LogP contribution >= 0.6 is 0 Å². The highest BCUT2D eigenvalue weighted by molar-refractivity contribution is 5.94. The molecule has 0 spiro atoms. The minimum atomic E-state index is -0.481. The van der Waals surface area contributed by atoms with Crippen LogP contribution < -0.4 is 10.5 Å². The largest absolute Gasteiger partial charge is 0.368 e. The number of anilines is 1. The van der Waals surface area contributed by atoms with Gasteiger partial charge in [-0.2, -0.15) is 5.10 Å². The quantitative estimate of drug-likeness (QED) is 0.907. The third-order valence-electron chi connectivity index (χ3n) is 4.22. The van der Waals surface area contributed by atoms with E-state index in [0.29, 0.717) is 25.3 Å². The Balaban J connectivity index is 1.77. The summed E-state index contributed by atoms with van der Waals surface area (Å²) >= 11 is 0. The Morgan fingerprint density at radius 2 is 2.12 bits per heavy atom. The first-order valence-corrected chi connectivity index (χ1v) is 7.83. The second kappa shape index (κ2) is 6.43. The van der Waals surface area contributed by atoms with Gasteiger partial charge in [0, 0.05) is 31.4 Å². The van der Waals surface area contributed by atoms with Gasteiger partial charge in [0.2, 0.25) is 0 Å². The zero-order chi connectivity index (χ0) is 17.3. The number of hydrogen-bond acceptors (Lipinski definition) is 4. The summed E-state index contributed by atoms with van der Waals surface area (Å²) in [5.74, 6) is -0.578. The van der Waals surface area contributed by atoms with Crippen LogP contribution in [0.1, 0.15) is 23.0 Å². The molecule has 1 N–H and O–H groups in total.